The smallest absolute Gasteiger partial charge is 0.258 e. The summed E-state index contributed by atoms with van der Waals surface area (Å²) >= 11 is 0. The Kier molecular flexibility index (Phi) is 3.45. The summed E-state index contributed by atoms with van der Waals surface area (Å²) in [5.74, 6) is 0. The zero-order valence-corrected chi connectivity index (χ0v) is 7.96. The number of allylic oxidation sites excluding steroid dienone is 1. The normalized spacial score (nSPS) is 11.1. The maximum atomic E-state index is 12.3. The first-order valence-corrected chi connectivity index (χ1v) is 4.11. The van der Waals surface area contributed by atoms with Crippen LogP contribution in [-0.2, 0) is 0 Å². The Morgan fingerprint density at radius 2 is 1.82 bits per heavy atom. The first-order valence-electron chi connectivity index (χ1n) is 4.11. The van der Waals surface area contributed by atoms with Gasteiger partial charge >= 0.3 is 6.18 Å². The molecule has 0 aliphatic rings. The minimum atomic E-state index is -5.27. The number of hydrogen-bond acceptors (Lipinski definition) is 2. The Morgan fingerprint density at radius 3 is 2.24 bits per heavy atom. The van der Waals surface area contributed by atoms with Gasteiger partial charge in [-0.2, -0.15) is 22.0 Å². The fourth-order valence-electron chi connectivity index (χ4n) is 1.15. The van der Waals surface area contributed by atoms with Crippen LogP contribution in [0, 0.1) is 10.1 Å². The molecule has 0 fully saturated rings. The van der Waals surface area contributed by atoms with E-state index in [1.165, 1.54) is 0 Å². The molecule has 3 nitrogen and oxygen atoms in total. The summed E-state index contributed by atoms with van der Waals surface area (Å²) in [4.78, 5) is 9.35. The standard InChI is InChI=1S/C9H4F5NO2/c10-8(11)7(9(12,13)14)5-2-1-3-6(4-5)15(16)17/h1-4H. The second-order valence-electron chi connectivity index (χ2n) is 2.94. The predicted octanol–water partition coefficient (Wildman–Crippen LogP) is 3.76. The van der Waals surface area contributed by atoms with Gasteiger partial charge in [0.05, 0.1) is 4.92 Å². The predicted molar refractivity (Wildman–Crippen MR) is 48.3 cm³/mol. The number of non-ortho nitro benzene ring substituents is 1. The fraction of sp³-hybridized carbons (Fsp3) is 0.111. The minimum absolute atomic E-state index is 0.446. The lowest BCUT2D eigenvalue weighted by Gasteiger charge is -2.10. The zero-order chi connectivity index (χ0) is 13.2. The van der Waals surface area contributed by atoms with Gasteiger partial charge in [0.1, 0.15) is 5.57 Å². The average molecular weight is 253 g/mol. The van der Waals surface area contributed by atoms with Crippen molar-refractivity contribution in [3.8, 4) is 0 Å². The lowest BCUT2D eigenvalue weighted by molar-refractivity contribution is -0.384. The second-order valence-corrected chi connectivity index (χ2v) is 2.94. The molecule has 0 amide bonds. The highest BCUT2D eigenvalue weighted by atomic mass is 19.4. The molecule has 0 atom stereocenters. The molecule has 92 valence electrons. The van der Waals surface area contributed by atoms with Crippen molar-refractivity contribution >= 4 is 11.3 Å². The maximum Gasteiger partial charge on any atom is 0.422 e. The molecule has 0 saturated heterocycles. The van der Waals surface area contributed by atoms with E-state index < -0.39 is 34.0 Å². The highest BCUT2D eigenvalue weighted by Gasteiger charge is 2.39. The molecule has 0 aliphatic heterocycles. The number of nitro groups is 1. The van der Waals surface area contributed by atoms with E-state index in [1.807, 2.05) is 0 Å². The third-order valence-corrected chi connectivity index (χ3v) is 1.82. The van der Waals surface area contributed by atoms with Gasteiger partial charge in [-0.1, -0.05) is 12.1 Å². The summed E-state index contributed by atoms with van der Waals surface area (Å²) in [6, 6.07) is 2.99. The van der Waals surface area contributed by atoms with Crippen molar-refractivity contribution in [3.63, 3.8) is 0 Å². The Balaban J connectivity index is 3.37. The third-order valence-electron chi connectivity index (χ3n) is 1.82. The molecule has 0 bridgehead atoms. The van der Waals surface area contributed by atoms with Gasteiger partial charge in [0.15, 0.2) is 0 Å². The lowest BCUT2D eigenvalue weighted by atomic mass is 10.1. The molecular weight excluding hydrogens is 249 g/mol. The fourth-order valence-corrected chi connectivity index (χ4v) is 1.15. The number of nitro benzene ring substituents is 1. The van der Waals surface area contributed by atoms with Crippen molar-refractivity contribution in [1.82, 2.24) is 0 Å². The molecular formula is C9H4F5NO2. The van der Waals surface area contributed by atoms with Crippen LogP contribution in [0.25, 0.3) is 5.57 Å². The Labute approximate surface area is 91.3 Å². The Hall–Kier alpha value is -1.99. The molecule has 1 aromatic rings. The topological polar surface area (TPSA) is 43.1 Å². The number of hydrogen-bond donors (Lipinski definition) is 0. The van der Waals surface area contributed by atoms with Crippen molar-refractivity contribution in [2.45, 2.75) is 6.18 Å². The van der Waals surface area contributed by atoms with Crippen LogP contribution in [0.3, 0.4) is 0 Å². The van der Waals surface area contributed by atoms with Gasteiger partial charge in [-0.3, -0.25) is 10.1 Å². The van der Waals surface area contributed by atoms with Crippen LogP contribution in [0.5, 0.6) is 0 Å². The number of benzene rings is 1. The molecule has 0 unspecified atom stereocenters. The summed E-state index contributed by atoms with van der Waals surface area (Å²) in [7, 11) is 0. The highest BCUT2D eigenvalue weighted by Crippen LogP contribution is 2.38. The van der Waals surface area contributed by atoms with E-state index in [0.717, 1.165) is 18.2 Å². The van der Waals surface area contributed by atoms with Crippen LogP contribution in [-0.4, -0.2) is 11.1 Å². The van der Waals surface area contributed by atoms with E-state index >= 15 is 0 Å². The van der Waals surface area contributed by atoms with Crippen molar-refractivity contribution in [2.24, 2.45) is 0 Å². The maximum absolute atomic E-state index is 12.3. The zero-order valence-electron chi connectivity index (χ0n) is 7.96. The molecule has 1 rings (SSSR count). The van der Waals surface area contributed by atoms with Gasteiger partial charge in [0, 0.05) is 12.1 Å². The van der Waals surface area contributed by atoms with Crippen LogP contribution >= 0.6 is 0 Å². The molecule has 0 aromatic heterocycles. The highest BCUT2D eigenvalue weighted by molar-refractivity contribution is 5.71. The van der Waals surface area contributed by atoms with E-state index in [2.05, 4.69) is 0 Å². The molecule has 0 N–H and O–H groups in total. The molecule has 1 aromatic carbocycles. The largest absolute Gasteiger partial charge is 0.422 e. The van der Waals surface area contributed by atoms with Gasteiger partial charge < -0.3 is 0 Å². The SMILES string of the molecule is O=[N+]([O-])c1cccc(C(=C(F)F)C(F)(F)F)c1. The first kappa shape index (κ1) is 13.1. The van der Waals surface area contributed by atoms with Crippen molar-refractivity contribution < 1.29 is 26.9 Å². The Morgan fingerprint density at radius 1 is 1.24 bits per heavy atom. The van der Waals surface area contributed by atoms with Gasteiger partial charge in [-0.25, -0.2) is 0 Å². The van der Waals surface area contributed by atoms with Crippen LogP contribution < -0.4 is 0 Å². The van der Waals surface area contributed by atoms with Crippen LogP contribution in [0.1, 0.15) is 5.56 Å². The van der Waals surface area contributed by atoms with E-state index in [9.17, 15) is 32.1 Å². The van der Waals surface area contributed by atoms with E-state index in [4.69, 9.17) is 0 Å². The summed E-state index contributed by atoms with van der Waals surface area (Å²) in [5, 5.41) is 10.3. The number of rotatable bonds is 2. The molecule has 17 heavy (non-hydrogen) atoms. The molecule has 0 saturated carbocycles. The van der Waals surface area contributed by atoms with E-state index in [-0.39, 0.29) is 0 Å². The molecule has 0 heterocycles. The minimum Gasteiger partial charge on any atom is -0.258 e. The van der Waals surface area contributed by atoms with Crippen LogP contribution in [0.15, 0.2) is 30.3 Å². The van der Waals surface area contributed by atoms with Gasteiger partial charge in [-0.15, -0.1) is 0 Å². The third kappa shape index (κ3) is 2.99. The van der Waals surface area contributed by atoms with Gasteiger partial charge in [-0.05, 0) is 5.56 Å². The summed E-state index contributed by atoms with van der Waals surface area (Å²) in [5.41, 5.74) is -3.79. The quantitative estimate of drug-likeness (QED) is 0.457. The van der Waals surface area contributed by atoms with Crippen molar-refractivity contribution in [3.05, 3.63) is 46.0 Å². The second kappa shape index (κ2) is 4.48. The number of halogens is 5. The summed E-state index contributed by atoms with van der Waals surface area (Å²) < 4.78 is 61.3. The van der Waals surface area contributed by atoms with Gasteiger partial charge in [0.25, 0.3) is 11.8 Å². The molecule has 8 heteroatoms. The van der Waals surface area contributed by atoms with E-state index in [0.29, 0.717) is 6.07 Å². The van der Waals surface area contributed by atoms with Crippen molar-refractivity contribution in [2.75, 3.05) is 0 Å². The van der Waals surface area contributed by atoms with E-state index in [1.54, 1.807) is 0 Å². The average Bonchev–Trinajstić information content (AvgIpc) is 2.15. The van der Waals surface area contributed by atoms with Crippen LogP contribution in [0.4, 0.5) is 27.6 Å². The lowest BCUT2D eigenvalue weighted by Crippen LogP contribution is -2.11. The molecule has 0 aliphatic carbocycles. The van der Waals surface area contributed by atoms with Gasteiger partial charge in [0.2, 0.25) is 0 Å². The monoisotopic (exact) mass is 253 g/mol. The van der Waals surface area contributed by atoms with Crippen molar-refractivity contribution in [1.29, 1.82) is 0 Å². The summed E-state index contributed by atoms with van der Waals surface area (Å²) in [6.45, 7) is 0. The summed E-state index contributed by atoms with van der Waals surface area (Å²) in [6.07, 6.45) is -8.20. The number of nitrogens with zero attached hydrogens (tertiary/aromatic N) is 1. The molecule has 0 radical (unpaired) electrons. The molecule has 0 spiro atoms. The Bertz CT molecular complexity index is 477. The number of alkyl halides is 3. The first-order chi connectivity index (χ1) is 7.73. The van der Waals surface area contributed by atoms with Crippen LogP contribution in [0.2, 0.25) is 0 Å².